The molecule has 1 heterocycles. The van der Waals surface area contributed by atoms with E-state index in [0.29, 0.717) is 0 Å². The summed E-state index contributed by atoms with van der Waals surface area (Å²) in [5.41, 5.74) is 1.43. The molecule has 0 N–H and O–H groups in total. The predicted octanol–water partition coefficient (Wildman–Crippen LogP) is 3.18. The van der Waals surface area contributed by atoms with Crippen molar-refractivity contribution in [1.82, 2.24) is 9.78 Å². The number of rotatable bonds is 1. The van der Waals surface area contributed by atoms with Crippen molar-refractivity contribution in [3.63, 3.8) is 0 Å². The topological polar surface area (TPSA) is 17.8 Å². The molecule has 0 bridgehead atoms. The molecule has 0 fully saturated rings. The predicted molar refractivity (Wildman–Crippen MR) is 67.7 cm³/mol. The molecule has 0 radical (unpaired) electrons. The van der Waals surface area contributed by atoms with Crippen LogP contribution >= 0.6 is 45.2 Å². The molecule has 0 atom stereocenters. The smallest absolute Gasteiger partial charge is 0.127 e. The van der Waals surface area contributed by atoms with Crippen molar-refractivity contribution in [2.75, 3.05) is 0 Å². The maximum atomic E-state index is 4.45. The lowest BCUT2D eigenvalue weighted by Crippen LogP contribution is -2.22. The quantitative estimate of drug-likeness (QED) is 0.532. The van der Waals surface area contributed by atoms with Gasteiger partial charge in [0.25, 0.3) is 0 Å². The van der Waals surface area contributed by atoms with Gasteiger partial charge in [-0.25, -0.2) is 0 Å². The van der Waals surface area contributed by atoms with E-state index in [4.69, 9.17) is 0 Å². The van der Waals surface area contributed by atoms with Crippen molar-refractivity contribution in [3.8, 4) is 0 Å². The van der Waals surface area contributed by atoms with Crippen LogP contribution in [0.25, 0.3) is 0 Å². The summed E-state index contributed by atoms with van der Waals surface area (Å²) in [6.07, 6.45) is 2.13. The van der Waals surface area contributed by atoms with Crippen LogP contribution in [-0.2, 0) is 9.97 Å². The van der Waals surface area contributed by atoms with Crippen molar-refractivity contribution in [1.29, 1.82) is 0 Å². The third-order valence-corrected chi connectivity index (χ3v) is 3.30. The van der Waals surface area contributed by atoms with Crippen molar-refractivity contribution in [2.24, 2.45) is 0 Å². The van der Waals surface area contributed by atoms with E-state index in [0.717, 1.165) is 8.13 Å². The zero-order valence-electron chi connectivity index (χ0n) is 7.43. The van der Waals surface area contributed by atoms with E-state index in [1.807, 2.05) is 4.68 Å². The zero-order valence-corrected chi connectivity index (χ0v) is 11.7. The minimum absolute atomic E-state index is 0.101. The SMILES string of the molecule is CC(C)(C)n1cc(CI)c(I)n1. The Kier molecular flexibility index (Phi) is 3.41. The van der Waals surface area contributed by atoms with Crippen LogP contribution in [0, 0.1) is 3.70 Å². The van der Waals surface area contributed by atoms with Crippen molar-refractivity contribution in [2.45, 2.75) is 30.7 Å². The summed E-state index contributed by atoms with van der Waals surface area (Å²) in [6.45, 7) is 6.48. The number of hydrogen-bond donors (Lipinski definition) is 0. The van der Waals surface area contributed by atoms with Crippen molar-refractivity contribution < 1.29 is 0 Å². The molecule has 0 aliphatic rings. The molecule has 12 heavy (non-hydrogen) atoms. The number of hydrogen-bond acceptors (Lipinski definition) is 1. The monoisotopic (exact) mass is 390 g/mol. The average Bonchev–Trinajstić information content (AvgIpc) is 2.29. The second kappa shape index (κ2) is 3.81. The third kappa shape index (κ3) is 2.34. The molecule has 0 amide bonds. The average molecular weight is 390 g/mol. The molecule has 1 aromatic rings. The summed E-state index contributed by atoms with van der Waals surface area (Å²) in [5, 5.41) is 4.45. The normalized spacial score (nSPS) is 12.1. The van der Waals surface area contributed by atoms with Gasteiger partial charge in [-0.1, -0.05) is 22.6 Å². The number of aromatic nitrogens is 2. The van der Waals surface area contributed by atoms with Gasteiger partial charge in [-0.15, -0.1) is 0 Å². The van der Waals surface area contributed by atoms with Crippen LogP contribution in [0.4, 0.5) is 0 Å². The Morgan fingerprint density at radius 2 is 2.08 bits per heavy atom. The summed E-state index contributed by atoms with van der Waals surface area (Å²) in [4.78, 5) is 0. The lowest BCUT2D eigenvalue weighted by Gasteiger charge is -2.18. The second-order valence-corrected chi connectivity index (χ2v) is 5.48. The molecule has 2 nitrogen and oxygen atoms in total. The first-order valence-corrected chi connectivity index (χ1v) is 6.36. The van der Waals surface area contributed by atoms with Gasteiger partial charge in [-0.2, -0.15) is 5.10 Å². The minimum Gasteiger partial charge on any atom is -0.266 e. The Hall–Kier alpha value is 0.670. The molecule has 0 aliphatic heterocycles. The highest BCUT2D eigenvalue weighted by molar-refractivity contribution is 14.1. The third-order valence-electron chi connectivity index (χ3n) is 1.57. The van der Waals surface area contributed by atoms with Crippen LogP contribution in [0.3, 0.4) is 0 Å². The number of alkyl halides is 1. The lowest BCUT2D eigenvalue weighted by atomic mass is 10.1. The first-order chi connectivity index (χ1) is 5.45. The molecule has 0 aliphatic carbocycles. The van der Waals surface area contributed by atoms with E-state index >= 15 is 0 Å². The molecular weight excluding hydrogens is 378 g/mol. The highest BCUT2D eigenvalue weighted by atomic mass is 127. The molecule has 0 spiro atoms. The highest BCUT2D eigenvalue weighted by Gasteiger charge is 2.15. The van der Waals surface area contributed by atoms with E-state index in [1.165, 1.54) is 5.56 Å². The van der Waals surface area contributed by atoms with E-state index in [-0.39, 0.29) is 5.54 Å². The largest absolute Gasteiger partial charge is 0.266 e. The molecule has 0 saturated heterocycles. The summed E-state index contributed by atoms with van der Waals surface area (Å²) < 4.78 is 4.19. The Balaban J connectivity index is 3.05. The fourth-order valence-electron chi connectivity index (χ4n) is 0.822. The van der Waals surface area contributed by atoms with E-state index < -0.39 is 0 Å². The Labute approximate surface area is 100 Å². The molecule has 0 aromatic carbocycles. The molecule has 1 aromatic heterocycles. The van der Waals surface area contributed by atoms with Crippen LogP contribution in [0.2, 0.25) is 0 Å². The zero-order chi connectivity index (χ0) is 9.35. The van der Waals surface area contributed by atoms with Gasteiger partial charge in [0, 0.05) is 16.2 Å². The fourth-order valence-corrected chi connectivity index (χ4v) is 2.67. The lowest BCUT2D eigenvalue weighted by molar-refractivity contribution is 0.354. The van der Waals surface area contributed by atoms with E-state index in [1.54, 1.807) is 0 Å². The summed E-state index contributed by atoms with van der Waals surface area (Å²) in [6, 6.07) is 0. The first-order valence-electron chi connectivity index (χ1n) is 3.75. The molecular formula is C8H12I2N2. The van der Waals surface area contributed by atoms with Crippen LogP contribution in [0.5, 0.6) is 0 Å². The first kappa shape index (κ1) is 10.7. The van der Waals surface area contributed by atoms with Crippen LogP contribution in [0.1, 0.15) is 26.3 Å². The van der Waals surface area contributed by atoms with Gasteiger partial charge < -0.3 is 0 Å². The molecule has 1 rings (SSSR count). The van der Waals surface area contributed by atoms with E-state index in [2.05, 4.69) is 77.2 Å². The van der Waals surface area contributed by atoms with Gasteiger partial charge in [-0.3, -0.25) is 4.68 Å². The van der Waals surface area contributed by atoms with Gasteiger partial charge in [-0.05, 0) is 43.4 Å². The standard InChI is InChI=1S/C8H12I2N2/c1-8(2,3)12-5-6(4-9)7(10)11-12/h5H,4H2,1-3H3. The van der Waals surface area contributed by atoms with Gasteiger partial charge in [0.15, 0.2) is 0 Å². The van der Waals surface area contributed by atoms with Crippen LogP contribution < -0.4 is 0 Å². The second-order valence-electron chi connectivity index (χ2n) is 3.69. The van der Waals surface area contributed by atoms with Crippen LogP contribution in [0.15, 0.2) is 6.20 Å². The van der Waals surface area contributed by atoms with Crippen molar-refractivity contribution in [3.05, 3.63) is 15.5 Å². The maximum absolute atomic E-state index is 4.45. The summed E-state index contributed by atoms with van der Waals surface area (Å²) >= 11 is 4.65. The Morgan fingerprint density at radius 3 is 2.33 bits per heavy atom. The molecule has 0 saturated carbocycles. The molecule has 68 valence electrons. The number of halogens is 2. The fraction of sp³-hybridized carbons (Fsp3) is 0.625. The van der Waals surface area contributed by atoms with Gasteiger partial charge >= 0.3 is 0 Å². The van der Waals surface area contributed by atoms with Gasteiger partial charge in [0.2, 0.25) is 0 Å². The van der Waals surface area contributed by atoms with Crippen molar-refractivity contribution >= 4 is 45.2 Å². The summed E-state index contributed by atoms with van der Waals surface area (Å²) in [7, 11) is 0. The Bertz CT molecular complexity index is 273. The maximum Gasteiger partial charge on any atom is 0.127 e. The highest BCUT2D eigenvalue weighted by Crippen LogP contribution is 2.19. The van der Waals surface area contributed by atoms with Gasteiger partial charge in [0.05, 0.1) is 5.54 Å². The molecule has 0 unspecified atom stereocenters. The van der Waals surface area contributed by atoms with E-state index in [9.17, 15) is 0 Å². The molecule has 4 heteroatoms. The van der Waals surface area contributed by atoms with Gasteiger partial charge in [0.1, 0.15) is 3.70 Å². The summed E-state index contributed by atoms with van der Waals surface area (Å²) in [5.74, 6) is 0. The Morgan fingerprint density at radius 1 is 1.50 bits per heavy atom. The number of nitrogens with zero attached hydrogens (tertiary/aromatic N) is 2. The minimum atomic E-state index is 0.101. The van der Waals surface area contributed by atoms with Crippen LogP contribution in [-0.4, -0.2) is 9.78 Å².